The second-order valence-electron chi connectivity index (χ2n) is 9.58. The third-order valence-corrected chi connectivity index (χ3v) is 9.89. The third-order valence-electron chi connectivity index (χ3n) is 7.70. The smallest absolute Gasteiger partial charge is 0.238 e. The van der Waals surface area contributed by atoms with Crippen LogP contribution in [0.25, 0.3) is 0 Å². The minimum Gasteiger partial charge on any atom is -0.351 e. The van der Waals surface area contributed by atoms with Crippen LogP contribution in [0, 0.1) is 23.7 Å². The van der Waals surface area contributed by atoms with Crippen molar-refractivity contribution in [1.29, 1.82) is 0 Å². The van der Waals surface area contributed by atoms with Crippen molar-refractivity contribution in [3.63, 3.8) is 0 Å². The van der Waals surface area contributed by atoms with Gasteiger partial charge in [0.05, 0.1) is 5.75 Å². The number of nitrogens with zero attached hydrogens (tertiary/aromatic N) is 1. The number of hydrogen-bond donors (Lipinski definition) is 1. The molecule has 1 amide bonds. The Morgan fingerprint density at radius 3 is 2.38 bits per heavy atom. The lowest BCUT2D eigenvalue weighted by Crippen LogP contribution is -2.58. The largest absolute Gasteiger partial charge is 0.351 e. The number of carbonyl (C=O) groups is 1. The number of rotatable bonds is 5. The number of sulfonamides is 1. The first kappa shape index (κ1) is 19.8. The van der Waals surface area contributed by atoms with Gasteiger partial charge in [-0.05, 0) is 80.2 Å². The van der Waals surface area contributed by atoms with E-state index in [4.69, 9.17) is 11.6 Å². The highest BCUT2D eigenvalue weighted by Gasteiger charge is 2.49. The lowest BCUT2D eigenvalue weighted by Gasteiger charge is -2.54. The van der Waals surface area contributed by atoms with Crippen molar-refractivity contribution in [2.24, 2.45) is 23.7 Å². The molecule has 7 heteroatoms. The second kappa shape index (κ2) is 7.54. The zero-order chi connectivity index (χ0) is 20.2. The molecule has 29 heavy (non-hydrogen) atoms. The molecule has 4 aliphatic carbocycles. The molecule has 1 aromatic carbocycles. The van der Waals surface area contributed by atoms with Gasteiger partial charge in [-0.2, -0.15) is 4.31 Å². The van der Waals surface area contributed by atoms with E-state index >= 15 is 0 Å². The van der Waals surface area contributed by atoms with E-state index in [1.165, 1.54) is 36.4 Å². The Kier molecular flexibility index (Phi) is 5.16. The number of carbonyl (C=O) groups excluding carboxylic acids is 1. The number of halogens is 1. The van der Waals surface area contributed by atoms with Gasteiger partial charge in [-0.15, -0.1) is 0 Å². The van der Waals surface area contributed by atoms with E-state index in [0.29, 0.717) is 35.4 Å². The molecule has 1 atom stereocenters. The van der Waals surface area contributed by atoms with E-state index in [2.05, 4.69) is 5.32 Å². The van der Waals surface area contributed by atoms with Crippen LogP contribution in [0.4, 0.5) is 0 Å². The van der Waals surface area contributed by atoms with Gasteiger partial charge in [0.1, 0.15) is 6.04 Å². The lowest BCUT2D eigenvalue weighted by molar-refractivity contribution is -0.128. The number of hydrogen-bond acceptors (Lipinski definition) is 3. The monoisotopic (exact) mass is 436 g/mol. The zero-order valence-corrected chi connectivity index (χ0v) is 18.2. The molecule has 5 nitrogen and oxygen atoms in total. The molecule has 6 rings (SSSR count). The van der Waals surface area contributed by atoms with Crippen LogP contribution in [-0.4, -0.2) is 37.3 Å². The Morgan fingerprint density at radius 1 is 1.07 bits per heavy atom. The van der Waals surface area contributed by atoms with Gasteiger partial charge in [0.2, 0.25) is 15.9 Å². The first-order valence-corrected chi connectivity index (χ1v) is 12.9. The zero-order valence-electron chi connectivity index (χ0n) is 16.6. The fourth-order valence-corrected chi connectivity index (χ4v) is 8.74. The van der Waals surface area contributed by atoms with Crippen LogP contribution in [0.5, 0.6) is 0 Å². The maximum Gasteiger partial charge on any atom is 0.238 e. The van der Waals surface area contributed by atoms with Gasteiger partial charge in [-0.3, -0.25) is 4.79 Å². The van der Waals surface area contributed by atoms with Gasteiger partial charge in [0, 0.05) is 17.6 Å². The first-order valence-electron chi connectivity index (χ1n) is 10.9. The quantitative estimate of drug-likeness (QED) is 0.767. The Hall–Kier alpha value is -1.11. The fourth-order valence-electron chi connectivity index (χ4n) is 6.65. The molecule has 4 bridgehead atoms. The molecule has 0 spiro atoms. The maximum atomic E-state index is 13.2. The van der Waals surface area contributed by atoms with Crippen LogP contribution in [-0.2, 0) is 20.6 Å². The number of amides is 1. The molecule has 1 aromatic rings. The minimum atomic E-state index is -3.60. The van der Waals surface area contributed by atoms with Crippen molar-refractivity contribution >= 4 is 27.5 Å². The van der Waals surface area contributed by atoms with Crippen molar-refractivity contribution in [3.05, 3.63) is 34.9 Å². The summed E-state index contributed by atoms with van der Waals surface area (Å²) in [4.78, 5) is 13.2. The molecule has 0 aromatic heterocycles. The van der Waals surface area contributed by atoms with Crippen LogP contribution in [0.3, 0.4) is 0 Å². The fraction of sp³-hybridized carbons (Fsp3) is 0.682. The van der Waals surface area contributed by atoms with Crippen LogP contribution >= 0.6 is 11.6 Å². The van der Waals surface area contributed by atoms with E-state index < -0.39 is 16.1 Å². The van der Waals surface area contributed by atoms with Crippen LogP contribution < -0.4 is 5.32 Å². The summed E-state index contributed by atoms with van der Waals surface area (Å²) < 4.78 is 27.6. The highest BCUT2D eigenvalue weighted by atomic mass is 35.5. The van der Waals surface area contributed by atoms with Crippen molar-refractivity contribution < 1.29 is 13.2 Å². The molecule has 158 valence electrons. The summed E-state index contributed by atoms with van der Waals surface area (Å²) >= 11 is 6.17. The van der Waals surface area contributed by atoms with Gasteiger partial charge in [0.15, 0.2) is 0 Å². The summed E-state index contributed by atoms with van der Waals surface area (Å²) in [5.41, 5.74) is 0.585. The summed E-state index contributed by atoms with van der Waals surface area (Å²) in [6.07, 6.45) is 7.63. The maximum absolute atomic E-state index is 13.2. The van der Waals surface area contributed by atoms with E-state index in [1.807, 2.05) is 0 Å². The van der Waals surface area contributed by atoms with Gasteiger partial charge >= 0.3 is 0 Å². The minimum absolute atomic E-state index is 0.0947. The highest BCUT2D eigenvalue weighted by molar-refractivity contribution is 7.88. The average Bonchev–Trinajstić information content (AvgIpc) is 3.17. The molecular formula is C22H29ClN2O3S. The predicted molar refractivity (Wildman–Crippen MR) is 113 cm³/mol. The molecule has 5 aliphatic rings. The Bertz CT molecular complexity index is 875. The van der Waals surface area contributed by atoms with Crippen molar-refractivity contribution in [1.82, 2.24) is 9.62 Å². The summed E-state index contributed by atoms with van der Waals surface area (Å²) in [5.74, 6) is 2.63. The number of nitrogens with one attached hydrogen (secondary N) is 1. The van der Waals surface area contributed by atoms with Gasteiger partial charge in [-0.1, -0.05) is 29.8 Å². The molecule has 1 heterocycles. The average molecular weight is 437 g/mol. The Morgan fingerprint density at radius 2 is 1.72 bits per heavy atom. The molecule has 1 saturated heterocycles. The SMILES string of the molecule is O=C(NC1C2CC3CC(C2)CC1C3)C1CCCN1S(=O)(=O)Cc1ccccc1Cl. The van der Waals surface area contributed by atoms with E-state index in [1.54, 1.807) is 24.3 Å². The van der Waals surface area contributed by atoms with Gasteiger partial charge < -0.3 is 5.32 Å². The Balaban J connectivity index is 1.29. The predicted octanol–water partition coefficient (Wildman–Crippen LogP) is 3.58. The summed E-state index contributed by atoms with van der Waals surface area (Å²) in [7, 11) is -3.60. The standard InChI is InChI=1S/C22H29ClN2O3S/c23-19-5-2-1-4-16(19)13-29(27,28)25-7-3-6-20(25)22(26)24-21-17-9-14-8-15(11-17)12-18(21)10-14/h1-2,4-5,14-15,17-18,20-21H,3,6-13H2,(H,24,26). The van der Waals surface area contributed by atoms with Crippen molar-refractivity contribution in [3.8, 4) is 0 Å². The highest BCUT2D eigenvalue weighted by Crippen LogP contribution is 2.53. The first-order chi connectivity index (χ1) is 13.9. The molecule has 1 aliphatic heterocycles. The summed E-state index contributed by atoms with van der Waals surface area (Å²) in [6, 6.07) is 6.67. The molecule has 0 radical (unpaired) electrons. The molecular weight excluding hydrogens is 408 g/mol. The lowest BCUT2D eigenvalue weighted by atomic mass is 9.54. The summed E-state index contributed by atoms with van der Waals surface area (Å²) in [6.45, 7) is 0.409. The second-order valence-corrected chi connectivity index (χ2v) is 11.9. The Labute approximate surface area is 178 Å². The van der Waals surface area contributed by atoms with Crippen molar-refractivity contribution in [2.75, 3.05) is 6.54 Å². The van der Waals surface area contributed by atoms with E-state index in [-0.39, 0.29) is 17.7 Å². The van der Waals surface area contributed by atoms with Gasteiger partial charge in [0.25, 0.3) is 0 Å². The molecule has 4 saturated carbocycles. The molecule has 5 fully saturated rings. The summed E-state index contributed by atoms with van der Waals surface area (Å²) in [5, 5.41) is 3.76. The van der Waals surface area contributed by atoms with E-state index in [0.717, 1.165) is 18.3 Å². The van der Waals surface area contributed by atoms with Crippen LogP contribution in [0.1, 0.15) is 50.5 Å². The van der Waals surface area contributed by atoms with E-state index in [9.17, 15) is 13.2 Å². The molecule has 1 N–H and O–H groups in total. The third kappa shape index (κ3) is 3.72. The van der Waals surface area contributed by atoms with Crippen LogP contribution in [0.2, 0.25) is 5.02 Å². The van der Waals surface area contributed by atoms with Gasteiger partial charge in [-0.25, -0.2) is 8.42 Å². The van der Waals surface area contributed by atoms with Crippen molar-refractivity contribution in [2.45, 2.75) is 62.8 Å². The van der Waals surface area contributed by atoms with Crippen LogP contribution in [0.15, 0.2) is 24.3 Å². The number of benzene rings is 1. The topological polar surface area (TPSA) is 66.5 Å². The molecule has 1 unspecified atom stereocenters. The normalized spacial score (nSPS) is 36.4.